The summed E-state index contributed by atoms with van der Waals surface area (Å²) in [4.78, 5) is 32.4. The average Bonchev–Trinajstić information content (AvgIpc) is 2.78. The lowest BCUT2D eigenvalue weighted by Gasteiger charge is -2.13. The van der Waals surface area contributed by atoms with Crippen molar-refractivity contribution in [1.29, 1.82) is 0 Å². The van der Waals surface area contributed by atoms with E-state index in [9.17, 15) is 14.4 Å². The van der Waals surface area contributed by atoms with Crippen LogP contribution in [-0.4, -0.2) is 46.4 Å². The van der Waals surface area contributed by atoms with Crippen LogP contribution in [0.15, 0.2) is 83.6 Å². The molecule has 0 aromatic rings. The highest BCUT2D eigenvalue weighted by molar-refractivity contribution is 5.86. The number of carboxylic acid groups (broad SMARTS) is 3. The van der Waals surface area contributed by atoms with Gasteiger partial charge in [0.15, 0.2) is 0 Å². The number of methoxy groups -OCH3 is 1. The number of hydrogen-bond donors (Lipinski definition) is 3. The summed E-state index contributed by atoms with van der Waals surface area (Å²) in [6.45, 7) is 5.44. The monoisotopic (exact) mass is 486 g/mol. The van der Waals surface area contributed by atoms with Crippen LogP contribution in [0.2, 0.25) is 0 Å². The van der Waals surface area contributed by atoms with Crippen LogP contribution in [0, 0.1) is 5.92 Å². The van der Waals surface area contributed by atoms with Gasteiger partial charge in [-0.1, -0.05) is 67.7 Å². The first-order valence-electron chi connectivity index (χ1n) is 11.5. The molecule has 0 aliphatic rings. The van der Waals surface area contributed by atoms with E-state index in [1.54, 1.807) is 32.3 Å². The minimum atomic E-state index is -1.16. The fraction of sp³-hybridized carbons (Fsp3) is 0.393. The second-order valence-corrected chi connectivity index (χ2v) is 8.13. The minimum Gasteiger partial charge on any atom is -0.481 e. The number of carbonyl (C=O) groups is 3. The maximum atomic E-state index is 10.9. The SMILES string of the molecule is CO[C@H](C/C=C/C=C/CC/C=C\C[C@H](C)/C=C\C(=C/C(=O)O)CC(=O)O)/C(C)=C\C=C(/C)C(=O)O. The molecular formula is C28H38O7. The summed E-state index contributed by atoms with van der Waals surface area (Å²) in [5.74, 6) is -3.01. The number of aliphatic carboxylic acids is 3. The Hall–Kier alpha value is -3.45. The Kier molecular flexibility index (Phi) is 17.1. The van der Waals surface area contributed by atoms with Gasteiger partial charge in [0.05, 0.1) is 12.5 Å². The summed E-state index contributed by atoms with van der Waals surface area (Å²) in [5.41, 5.74) is 1.48. The van der Waals surface area contributed by atoms with Gasteiger partial charge >= 0.3 is 17.9 Å². The molecule has 0 heterocycles. The smallest absolute Gasteiger partial charge is 0.331 e. The van der Waals surface area contributed by atoms with Crippen LogP contribution in [-0.2, 0) is 19.1 Å². The fourth-order valence-corrected chi connectivity index (χ4v) is 2.84. The standard InChI is InChI=1S/C28H38O7/c1-21(15-18-24(19-26(29)30)20-27(31)32)13-11-9-7-5-6-8-10-12-14-25(35-4)22(2)16-17-23(3)28(33)34/h6,8-12,15-19,21,25H,5,7,13-14,20H2,1-4H3,(H,29,30)(H,31,32)(H,33,34)/b8-6+,11-9-,12-10+,18-15-,22-16-,23-17+,24-19+/t21-,25+/m0/s1. The predicted molar refractivity (Wildman–Crippen MR) is 138 cm³/mol. The molecule has 2 atom stereocenters. The van der Waals surface area contributed by atoms with E-state index >= 15 is 0 Å². The van der Waals surface area contributed by atoms with E-state index in [4.69, 9.17) is 20.1 Å². The van der Waals surface area contributed by atoms with Gasteiger partial charge in [-0.25, -0.2) is 9.59 Å². The van der Waals surface area contributed by atoms with Crippen molar-refractivity contribution in [2.75, 3.05) is 7.11 Å². The van der Waals surface area contributed by atoms with E-state index in [1.807, 2.05) is 38.2 Å². The Morgan fingerprint density at radius 2 is 1.54 bits per heavy atom. The van der Waals surface area contributed by atoms with E-state index in [0.29, 0.717) is 6.42 Å². The quantitative estimate of drug-likeness (QED) is 0.101. The highest BCUT2D eigenvalue weighted by Gasteiger charge is 2.07. The maximum absolute atomic E-state index is 10.9. The second kappa shape index (κ2) is 18.9. The molecule has 7 heteroatoms. The average molecular weight is 487 g/mol. The van der Waals surface area contributed by atoms with Gasteiger partial charge in [-0.2, -0.15) is 0 Å². The number of hydrogen-bond acceptors (Lipinski definition) is 4. The molecule has 0 rings (SSSR count). The van der Waals surface area contributed by atoms with Crippen LogP contribution in [0.5, 0.6) is 0 Å². The van der Waals surface area contributed by atoms with E-state index in [1.165, 1.54) is 0 Å². The zero-order chi connectivity index (χ0) is 26.6. The molecule has 0 amide bonds. The number of ether oxygens (including phenoxy) is 1. The summed E-state index contributed by atoms with van der Waals surface area (Å²) >= 11 is 0. The van der Waals surface area contributed by atoms with Crippen molar-refractivity contribution in [3.63, 3.8) is 0 Å². The largest absolute Gasteiger partial charge is 0.481 e. The molecule has 0 fully saturated rings. The fourth-order valence-electron chi connectivity index (χ4n) is 2.84. The van der Waals surface area contributed by atoms with Gasteiger partial charge in [0, 0.05) is 18.8 Å². The molecule has 0 aromatic heterocycles. The van der Waals surface area contributed by atoms with E-state index < -0.39 is 17.9 Å². The lowest BCUT2D eigenvalue weighted by molar-refractivity contribution is -0.136. The summed E-state index contributed by atoms with van der Waals surface area (Å²) in [6, 6.07) is 0. The first-order chi connectivity index (χ1) is 16.6. The lowest BCUT2D eigenvalue weighted by atomic mass is 10.0. The third-order valence-electron chi connectivity index (χ3n) is 4.94. The molecule has 192 valence electrons. The van der Waals surface area contributed by atoms with Crippen molar-refractivity contribution in [1.82, 2.24) is 0 Å². The Balaban J connectivity index is 4.41. The lowest BCUT2D eigenvalue weighted by Crippen LogP contribution is -2.10. The van der Waals surface area contributed by atoms with Gasteiger partial charge < -0.3 is 20.1 Å². The molecular weight excluding hydrogens is 448 g/mol. The van der Waals surface area contributed by atoms with E-state index in [-0.39, 0.29) is 29.6 Å². The van der Waals surface area contributed by atoms with Gasteiger partial charge in [-0.3, -0.25) is 4.79 Å². The van der Waals surface area contributed by atoms with Crippen LogP contribution in [0.25, 0.3) is 0 Å². The van der Waals surface area contributed by atoms with E-state index in [2.05, 4.69) is 18.2 Å². The third-order valence-corrected chi connectivity index (χ3v) is 4.94. The first kappa shape index (κ1) is 31.6. The molecule has 35 heavy (non-hydrogen) atoms. The normalized spacial score (nSPS) is 15.5. The summed E-state index contributed by atoms with van der Waals surface area (Å²) < 4.78 is 5.47. The Bertz CT molecular complexity index is 898. The zero-order valence-electron chi connectivity index (χ0n) is 21.0. The Morgan fingerprint density at radius 3 is 2.14 bits per heavy atom. The van der Waals surface area contributed by atoms with Crippen molar-refractivity contribution in [2.45, 2.75) is 59.0 Å². The highest BCUT2D eigenvalue weighted by Crippen LogP contribution is 2.12. The van der Waals surface area contributed by atoms with Gasteiger partial charge in [-0.15, -0.1) is 0 Å². The predicted octanol–water partition coefficient (Wildman–Crippen LogP) is 5.89. The first-order valence-corrected chi connectivity index (χ1v) is 11.5. The van der Waals surface area contributed by atoms with Gasteiger partial charge in [0.25, 0.3) is 0 Å². The summed E-state index contributed by atoms with van der Waals surface area (Å²) in [6.07, 6.45) is 22.6. The van der Waals surface area contributed by atoms with Crippen molar-refractivity contribution in [2.24, 2.45) is 5.92 Å². The second-order valence-electron chi connectivity index (χ2n) is 8.13. The van der Waals surface area contributed by atoms with E-state index in [0.717, 1.165) is 30.9 Å². The molecule has 0 bridgehead atoms. The van der Waals surface area contributed by atoms with Crippen molar-refractivity contribution >= 4 is 17.9 Å². The van der Waals surface area contributed by atoms with Gasteiger partial charge in [-0.05, 0) is 56.6 Å². The molecule has 0 spiro atoms. The Morgan fingerprint density at radius 1 is 0.886 bits per heavy atom. The molecule has 7 nitrogen and oxygen atoms in total. The zero-order valence-corrected chi connectivity index (χ0v) is 21.0. The summed E-state index contributed by atoms with van der Waals surface area (Å²) in [5, 5.41) is 26.6. The molecule has 0 aliphatic heterocycles. The van der Waals surface area contributed by atoms with Gasteiger partial charge in [0.2, 0.25) is 0 Å². The molecule has 3 N–H and O–H groups in total. The number of carboxylic acids is 3. The summed E-state index contributed by atoms with van der Waals surface area (Å²) in [7, 11) is 1.63. The van der Waals surface area contributed by atoms with Crippen LogP contribution < -0.4 is 0 Å². The van der Waals surface area contributed by atoms with Crippen molar-refractivity contribution < 1.29 is 34.4 Å². The molecule has 0 aromatic carbocycles. The van der Waals surface area contributed by atoms with Crippen LogP contribution in [0.4, 0.5) is 0 Å². The molecule has 0 radical (unpaired) electrons. The topological polar surface area (TPSA) is 121 Å². The number of unbranched alkanes of at least 4 members (excludes halogenated alkanes) is 1. The third kappa shape index (κ3) is 17.7. The molecule has 0 saturated heterocycles. The highest BCUT2D eigenvalue weighted by atomic mass is 16.5. The van der Waals surface area contributed by atoms with Crippen LogP contribution in [0.1, 0.15) is 52.9 Å². The number of rotatable bonds is 17. The molecule has 0 unspecified atom stereocenters. The maximum Gasteiger partial charge on any atom is 0.331 e. The van der Waals surface area contributed by atoms with Crippen LogP contribution >= 0.6 is 0 Å². The Labute approximate surface area is 208 Å². The minimum absolute atomic E-state index is 0.115. The van der Waals surface area contributed by atoms with Gasteiger partial charge in [0.1, 0.15) is 0 Å². The molecule has 0 aliphatic carbocycles. The number of allylic oxidation sites excluding steroid dienone is 9. The van der Waals surface area contributed by atoms with Crippen LogP contribution in [0.3, 0.4) is 0 Å². The van der Waals surface area contributed by atoms with Crippen molar-refractivity contribution in [3.8, 4) is 0 Å². The van der Waals surface area contributed by atoms with Crippen molar-refractivity contribution in [3.05, 3.63) is 83.6 Å². The molecule has 0 saturated carbocycles.